The first-order valence-electron chi connectivity index (χ1n) is 6.94. The molecule has 21 heavy (non-hydrogen) atoms. The second-order valence-electron chi connectivity index (χ2n) is 4.53. The molecule has 4 nitrogen and oxygen atoms in total. The van der Waals surface area contributed by atoms with E-state index in [0.29, 0.717) is 12.8 Å². The smallest absolute Gasteiger partial charge is 0.326 e. The molecule has 1 aromatic rings. The second-order valence-corrected chi connectivity index (χ2v) is 5.81. The highest BCUT2D eigenvalue weighted by Gasteiger charge is 2.24. The van der Waals surface area contributed by atoms with Gasteiger partial charge in [-0.3, -0.25) is 4.79 Å². The number of amides is 1. The van der Waals surface area contributed by atoms with Crippen LogP contribution < -0.4 is 5.32 Å². The van der Waals surface area contributed by atoms with Crippen molar-refractivity contribution in [1.82, 2.24) is 5.32 Å². The van der Waals surface area contributed by atoms with Gasteiger partial charge in [-0.1, -0.05) is 37.3 Å². The van der Waals surface area contributed by atoms with Crippen LogP contribution in [-0.2, 0) is 9.59 Å². The van der Waals surface area contributed by atoms with Crippen LogP contribution in [0.3, 0.4) is 0 Å². The standard InChI is InChI=1S/C16H21NO3S/c1-3-5-11-13(16(19)20)17-15(18)14(4-2)21-12-9-7-6-8-10-12/h3,5-10,13-14H,4,11H2,1-2H3,(H,17,18)(H,19,20)/b5-3+. The van der Waals surface area contributed by atoms with Gasteiger partial charge in [0.25, 0.3) is 0 Å². The summed E-state index contributed by atoms with van der Waals surface area (Å²) in [4.78, 5) is 24.4. The molecule has 2 atom stereocenters. The molecule has 0 spiro atoms. The normalized spacial score (nSPS) is 13.8. The molecule has 114 valence electrons. The van der Waals surface area contributed by atoms with Crippen LogP contribution in [0.15, 0.2) is 47.4 Å². The lowest BCUT2D eigenvalue weighted by molar-refractivity contribution is -0.141. The molecule has 2 N–H and O–H groups in total. The SMILES string of the molecule is C/C=C/CC(NC(=O)C(CC)Sc1ccccc1)C(=O)O. The number of hydrogen-bond acceptors (Lipinski definition) is 3. The quantitative estimate of drug-likeness (QED) is 0.572. The third-order valence-electron chi connectivity index (χ3n) is 2.91. The predicted molar refractivity (Wildman–Crippen MR) is 85.4 cm³/mol. The number of benzene rings is 1. The Balaban J connectivity index is 2.67. The third kappa shape index (κ3) is 6.04. The molecule has 0 aliphatic carbocycles. The van der Waals surface area contributed by atoms with Crippen molar-refractivity contribution in [3.8, 4) is 0 Å². The van der Waals surface area contributed by atoms with E-state index in [1.165, 1.54) is 11.8 Å². The molecule has 1 rings (SSSR count). The fourth-order valence-corrected chi connectivity index (χ4v) is 2.73. The lowest BCUT2D eigenvalue weighted by Gasteiger charge is -2.18. The van der Waals surface area contributed by atoms with Crippen molar-refractivity contribution in [2.45, 2.75) is 42.9 Å². The maximum absolute atomic E-state index is 12.2. The van der Waals surface area contributed by atoms with Crippen molar-refractivity contribution in [2.75, 3.05) is 0 Å². The van der Waals surface area contributed by atoms with Gasteiger partial charge in [0, 0.05) is 4.90 Å². The number of nitrogens with one attached hydrogen (secondary N) is 1. The van der Waals surface area contributed by atoms with Gasteiger partial charge in [-0.2, -0.15) is 0 Å². The maximum Gasteiger partial charge on any atom is 0.326 e. The van der Waals surface area contributed by atoms with Gasteiger partial charge in [0.15, 0.2) is 0 Å². The third-order valence-corrected chi connectivity index (χ3v) is 4.28. The average molecular weight is 307 g/mol. The first kappa shape index (κ1) is 17.3. The molecule has 0 fully saturated rings. The molecule has 0 saturated carbocycles. The van der Waals surface area contributed by atoms with Crippen molar-refractivity contribution in [3.63, 3.8) is 0 Å². The van der Waals surface area contributed by atoms with E-state index in [-0.39, 0.29) is 11.2 Å². The van der Waals surface area contributed by atoms with E-state index >= 15 is 0 Å². The zero-order chi connectivity index (χ0) is 15.7. The molecular weight excluding hydrogens is 286 g/mol. The largest absolute Gasteiger partial charge is 0.480 e. The first-order chi connectivity index (χ1) is 10.1. The van der Waals surface area contributed by atoms with Crippen LogP contribution in [0.25, 0.3) is 0 Å². The van der Waals surface area contributed by atoms with E-state index in [1.54, 1.807) is 12.2 Å². The molecule has 0 bridgehead atoms. The van der Waals surface area contributed by atoms with Crippen LogP contribution in [0.1, 0.15) is 26.7 Å². The van der Waals surface area contributed by atoms with Gasteiger partial charge >= 0.3 is 5.97 Å². The van der Waals surface area contributed by atoms with E-state index in [0.717, 1.165) is 4.90 Å². The van der Waals surface area contributed by atoms with Crippen LogP contribution in [0, 0.1) is 0 Å². The molecule has 1 aromatic carbocycles. The van der Waals surface area contributed by atoms with Crippen LogP contribution in [0.2, 0.25) is 0 Å². The molecule has 0 aliphatic rings. The zero-order valence-electron chi connectivity index (χ0n) is 12.3. The molecule has 2 unspecified atom stereocenters. The maximum atomic E-state index is 12.2. The summed E-state index contributed by atoms with van der Waals surface area (Å²) >= 11 is 1.45. The number of carboxylic acids is 1. The fraction of sp³-hybridized carbons (Fsp3) is 0.375. The Kier molecular flexibility index (Phi) is 7.61. The number of carbonyl (C=O) groups excluding carboxylic acids is 1. The summed E-state index contributed by atoms with van der Waals surface area (Å²) < 4.78 is 0. The zero-order valence-corrected chi connectivity index (χ0v) is 13.1. The summed E-state index contributed by atoms with van der Waals surface area (Å²) in [6.45, 7) is 3.74. The topological polar surface area (TPSA) is 66.4 Å². The van der Waals surface area contributed by atoms with Crippen molar-refractivity contribution in [1.29, 1.82) is 0 Å². The summed E-state index contributed by atoms with van der Waals surface area (Å²) in [6, 6.07) is 8.75. The highest BCUT2D eigenvalue weighted by Crippen LogP contribution is 2.25. The van der Waals surface area contributed by atoms with Crippen LogP contribution in [0.4, 0.5) is 0 Å². The average Bonchev–Trinajstić information content (AvgIpc) is 2.49. The number of thioether (sulfide) groups is 1. The van der Waals surface area contributed by atoms with Crippen LogP contribution >= 0.6 is 11.8 Å². The Morgan fingerprint density at radius 1 is 1.33 bits per heavy atom. The van der Waals surface area contributed by atoms with Gasteiger partial charge in [0.1, 0.15) is 6.04 Å². The van der Waals surface area contributed by atoms with Crippen molar-refractivity contribution in [3.05, 3.63) is 42.5 Å². The van der Waals surface area contributed by atoms with Gasteiger partial charge in [-0.05, 0) is 31.9 Å². The lowest BCUT2D eigenvalue weighted by Crippen LogP contribution is -2.44. The predicted octanol–water partition coefficient (Wildman–Crippen LogP) is 3.09. The summed E-state index contributed by atoms with van der Waals surface area (Å²) in [5.74, 6) is -1.25. The first-order valence-corrected chi connectivity index (χ1v) is 7.82. The van der Waals surface area contributed by atoms with Crippen molar-refractivity contribution in [2.24, 2.45) is 0 Å². The van der Waals surface area contributed by atoms with Gasteiger partial charge in [-0.15, -0.1) is 11.8 Å². The van der Waals surface area contributed by atoms with E-state index in [2.05, 4.69) is 5.32 Å². The number of hydrogen-bond donors (Lipinski definition) is 2. The molecule has 0 radical (unpaired) electrons. The number of aliphatic carboxylic acids is 1. The molecule has 0 aliphatic heterocycles. The number of carboxylic acid groups (broad SMARTS) is 1. The Bertz CT molecular complexity index is 488. The fourth-order valence-electron chi connectivity index (χ4n) is 1.74. The molecule has 0 aromatic heterocycles. The summed E-state index contributed by atoms with van der Waals surface area (Å²) in [5, 5.41) is 11.5. The molecule has 0 heterocycles. The highest BCUT2D eigenvalue weighted by atomic mass is 32.2. The molecule has 1 amide bonds. The van der Waals surface area contributed by atoms with E-state index < -0.39 is 12.0 Å². The monoisotopic (exact) mass is 307 g/mol. The summed E-state index contributed by atoms with van der Waals surface area (Å²) in [7, 11) is 0. The van der Waals surface area contributed by atoms with Crippen molar-refractivity contribution >= 4 is 23.6 Å². The molecule has 5 heteroatoms. The number of rotatable bonds is 8. The Labute approximate surface area is 129 Å². The second kappa shape index (κ2) is 9.23. The summed E-state index contributed by atoms with van der Waals surface area (Å²) in [6.07, 6.45) is 4.45. The minimum Gasteiger partial charge on any atom is -0.480 e. The van der Waals surface area contributed by atoms with Crippen LogP contribution in [0.5, 0.6) is 0 Å². The van der Waals surface area contributed by atoms with Crippen LogP contribution in [-0.4, -0.2) is 28.3 Å². The Morgan fingerprint density at radius 2 is 2.00 bits per heavy atom. The Hall–Kier alpha value is -1.75. The number of allylic oxidation sites excluding steroid dienone is 1. The lowest BCUT2D eigenvalue weighted by atomic mass is 10.2. The van der Waals surface area contributed by atoms with E-state index in [1.807, 2.05) is 44.2 Å². The highest BCUT2D eigenvalue weighted by molar-refractivity contribution is 8.00. The minimum atomic E-state index is -1.01. The van der Waals surface area contributed by atoms with Gasteiger partial charge in [0.2, 0.25) is 5.91 Å². The van der Waals surface area contributed by atoms with Gasteiger partial charge in [0.05, 0.1) is 5.25 Å². The van der Waals surface area contributed by atoms with Gasteiger partial charge in [-0.25, -0.2) is 4.79 Å². The van der Waals surface area contributed by atoms with Crippen molar-refractivity contribution < 1.29 is 14.7 Å². The number of carbonyl (C=O) groups is 2. The van der Waals surface area contributed by atoms with Gasteiger partial charge < -0.3 is 10.4 Å². The molecular formula is C16H21NO3S. The van der Waals surface area contributed by atoms with E-state index in [9.17, 15) is 9.59 Å². The minimum absolute atomic E-state index is 0.233. The Morgan fingerprint density at radius 3 is 2.52 bits per heavy atom. The summed E-state index contributed by atoms with van der Waals surface area (Å²) in [5.41, 5.74) is 0. The molecule has 0 saturated heterocycles. The van der Waals surface area contributed by atoms with E-state index in [4.69, 9.17) is 5.11 Å².